The van der Waals surface area contributed by atoms with Gasteiger partial charge in [0, 0.05) is 29.7 Å². The molecule has 0 aliphatic carbocycles. The molecular formula is C22H24ClFN2O3. The molecule has 0 aliphatic rings. The summed E-state index contributed by atoms with van der Waals surface area (Å²) in [6.45, 7) is 4.62. The first-order chi connectivity index (χ1) is 13.4. The van der Waals surface area contributed by atoms with Gasteiger partial charge < -0.3 is 15.0 Å². The third-order valence-electron chi connectivity index (χ3n) is 4.65. The Hall–Kier alpha value is -2.70. The first kappa shape index (κ1) is 22.6. The quantitative estimate of drug-likeness (QED) is 0.632. The maximum absolute atomic E-state index is 14.0. The van der Waals surface area contributed by atoms with Crippen LogP contribution < -0.4 is 11.3 Å². The molecule has 2 N–H and O–H groups in total. The summed E-state index contributed by atoms with van der Waals surface area (Å²) in [5.74, 6) is -0.678. The molecule has 2 aromatic carbocycles. The standard InChI is InChI=1S/C22H23FN2O3.ClH/c1-13(2)12-25-19(11-24)20(14-5-4-6-16(23)9-14)18-10-15(22(27)28-3)7-8-17(18)21(25)26;/h4-10,13H,11-12,24H2,1-3H3;1H. The molecule has 1 heterocycles. The Bertz CT molecular complexity index is 1110. The molecule has 7 heteroatoms. The van der Waals surface area contributed by atoms with E-state index in [9.17, 15) is 14.0 Å². The SMILES string of the molecule is COC(=O)c1ccc2c(=O)n(CC(C)C)c(CN)c(-c3cccc(F)c3)c2c1.Cl. The van der Waals surface area contributed by atoms with Gasteiger partial charge in [-0.1, -0.05) is 26.0 Å². The van der Waals surface area contributed by atoms with Crippen molar-refractivity contribution in [3.05, 3.63) is 69.9 Å². The van der Waals surface area contributed by atoms with Crippen LogP contribution in [0.25, 0.3) is 21.9 Å². The van der Waals surface area contributed by atoms with Crippen LogP contribution in [0.2, 0.25) is 0 Å². The monoisotopic (exact) mass is 418 g/mol. The zero-order chi connectivity index (χ0) is 20.4. The summed E-state index contributed by atoms with van der Waals surface area (Å²) >= 11 is 0. The van der Waals surface area contributed by atoms with Gasteiger partial charge in [-0.05, 0) is 47.2 Å². The third-order valence-corrected chi connectivity index (χ3v) is 4.65. The predicted molar refractivity (Wildman–Crippen MR) is 115 cm³/mol. The predicted octanol–water partition coefficient (Wildman–Crippen LogP) is 4.13. The number of nitrogens with zero attached hydrogens (tertiary/aromatic N) is 1. The topological polar surface area (TPSA) is 74.3 Å². The van der Waals surface area contributed by atoms with Crippen LogP contribution in [0.4, 0.5) is 4.39 Å². The first-order valence-electron chi connectivity index (χ1n) is 9.11. The number of carbonyl (C=O) groups excluding carboxylic acids is 1. The van der Waals surface area contributed by atoms with Crippen molar-refractivity contribution in [1.29, 1.82) is 0 Å². The maximum atomic E-state index is 14.0. The Labute approximate surface area is 174 Å². The van der Waals surface area contributed by atoms with Crippen LogP contribution in [-0.2, 0) is 17.8 Å². The summed E-state index contributed by atoms with van der Waals surface area (Å²) in [5.41, 5.74) is 8.05. The molecule has 3 aromatic rings. The molecule has 1 aromatic heterocycles. The van der Waals surface area contributed by atoms with Crippen molar-refractivity contribution in [1.82, 2.24) is 4.57 Å². The highest BCUT2D eigenvalue weighted by atomic mass is 35.5. The van der Waals surface area contributed by atoms with Crippen molar-refractivity contribution in [2.75, 3.05) is 7.11 Å². The highest BCUT2D eigenvalue weighted by Crippen LogP contribution is 2.32. The Balaban J connectivity index is 0.00000300. The molecule has 0 saturated carbocycles. The molecule has 0 radical (unpaired) electrons. The second kappa shape index (κ2) is 9.20. The van der Waals surface area contributed by atoms with Crippen LogP contribution in [0, 0.1) is 11.7 Å². The van der Waals surface area contributed by atoms with Crippen molar-refractivity contribution in [3.8, 4) is 11.1 Å². The number of aromatic nitrogens is 1. The van der Waals surface area contributed by atoms with Gasteiger partial charge in [0.2, 0.25) is 0 Å². The summed E-state index contributed by atoms with van der Waals surface area (Å²) < 4.78 is 20.4. The summed E-state index contributed by atoms with van der Waals surface area (Å²) in [4.78, 5) is 25.2. The van der Waals surface area contributed by atoms with Gasteiger partial charge >= 0.3 is 5.97 Å². The lowest BCUT2D eigenvalue weighted by atomic mass is 9.95. The molecule has 0 spiro atoms. The van der Waals surface area contributed by atoms with Crippen LogP contribution in [-0.4, -0.2) is 17.6 Å². The number of esters is 1. The lowest BCUT2D eigenvalue weighted by Crippen LogP contribution is -2.28. The highest BCUT2D eigenvalue weighted by molar-refractivity contribution is 6.02. The van der Waals surface area contributed by atoms with Gasteiger partial charge in [-0.2, -0.15) is 0 Å². The number of carbonyl (C=O) groups is 1. The molecule has 0 fully saturated rings. The van der Waals surface area contributed by atoms with Crippen molar-refractivity contribution in [2.24, 2.45) is 11.7 Å². The molecule has 0 amide bonds. The fourth-order valence-electron chi connectivity index (χ4n) is 3.48. The Morgan fingerprint density at radius 2 is 1.90 bits per heavy atom. The minimum absolute atomic E-state index is 0. The van der Waals surface area contributed by atoms with Gasteiger partial charge in [-0.15, -0.1) is 12.4 Å². The number of hydrogen-bond donors (Lipinski definition) is 1. The third kappa shape index (κ3) is 4.33. The molecular weight excluding hydrogens is 395 g/mol. The van der Waals surface area contributed by atoms with E-state index in [1.54, 1.807) is 34.9 Å². The number of halogens is 2. The minimum atomic E-state index is -0.507. The number of benzene rings is 2. The van der Waals surface area contributed by atoms with E-state index in [4.69, 9.17) is 10.5 Å². The first-order valence-corrected chi connectivity index (χ1v) is 9.11. The van der Waals surface area contributed by atoms with Crippen molar-refractivity contribution in [2.45, 2.75) is 26.9 Å². The zero-order valence-corrected chi connectivity index (χ0v) is 17.4. The normalized spacial score (nSPS) is 10.8. The minimum Gasteiger partial charge on any atom is -0.465 e. The van der Waals surface area contributed by atoms with E-state index in [1.807, 2.05) is 13.8 Å². The van der Waals surface area contributed by atoms with Crippen molar-refractivity contribution >= 4 is 29.1 Å². The molecule has 0 aliphatic heterocycles. The number of hydrogen-bond acceptors (Lipinski definition) is 4. The Kier molecular flexibility index (Phi) is 7.16. The molecule has 29 heavy (non-hydrogen) atoms. The van der Waals surface area contributed by atoms with Crippen molar-refractivity contribution in [3.63, 3.8) is 0 Å². The largest absolute Gasteiger partial charge is 0.465 e. The van der Waals surface area contributed by atoms with Gasteiger partial charge in [0.05, 0.1) is 12.7 Å². The van der Waals surface area contributed by atoms with Gasteiger partial charge in [-0.25, -0.2) is 9.18 Å². The van der Waals surface area contributed by atoms with E-state index < -0.39 is 5.97 Å². The average molecular weight is 419 g/mol. The lowest BCUT2D eigenvalue weighted by Gasteiger charge is -2.21. The van der Waals surface area contributed by atoms with E-state index in [0.717, 1.165) is 0 Å². The number of nitrogens with two attached hydrogens (primary N) is 1. The second-order valence-electron chi connectivity index (χ2n) is 7.10. The van der Waals surface area contributed by atoms with E-state index in [1.165, 1.54) is 19.2 Å². The average Bonchev–Trinajstić information content (AvgIpc) is 2.68. The number of ether oxygens (including phenoxy) is 1. The zero-order valence-electron chi connectivity index (χ0n) is 16.6. The molecule has 0 atom stereocenters. The molecule has 154 valence electrons. The van der Waals surface area contributed by atoms with Crippen LogP contribution in [0.15, 0.2) is 47.3 Å². The number of methoxy groups -OCH3 is 1. The smallest absolute Gasteiger partial charge is 0.337 e. The number of fused-ring (bicyclic) bond motifs is 1. The molecule has 0 saturated heterocycles. The van der Waals surface area contributed by atoms with E-state index >= 15 is 0 Å². The number of pyridine rings is 1. The van der Waals surface area contributed by atoms with Gasteiger partial charge in [0.15, 0.2) is 0 Å². The van der Waals surface area contributed by atoms with Gasteiger partial charge in [0.1, 0.15) is 5.82 Å². The molecule has 5 nitrogen and oxygen atoms in total. The van der Waals surface area contributed by atoms with Gasteiger partial charge in [0.25, 0.3) is 5.56 Å². The molecule has 3 rings (SSSR count). The summed E-state index contributed by atoms with van der Waals surface area (Å²) in [6.07, 6.45) is 0. The highest BCUT2D eigenvalue weighted by Gasteiger charge is 2.20. The van der Waals surface area contributed by atoms with Crippen LogP contribution in [0.5, 0.6) is 0 Å². The van der Waals surface area contributed by atoms with Crippen LogP contribution in [0.3, 0.4) is 0 Å². The lowest BCUT2D eigenvalue weighted by molar-refractivity contribution is 0.0601. The van der Waals surface area contributed by atoms with Gasteiger partial charge in [-0.3, -0.25) is 4.79 Å². The molecule has 0 unspecified atom stereocenters. The Morgan fingerprint density at radius 1 is 1.17 bits per heavy atom. The summed E-state index contributed by atoms with van der Waals surface area (Å²) in [6, 6.07) is 10.9. The van der Waals surface area contributed by atoms with E-state index in [0.29, 0.717) is 39.7 Å². The van der Waals surface area contributed by atoms with Crippen LogP contribution in [0.1, 0.15) is 29.9 Å². The van der Waals surface area contributed by atoms with Crippen molar-refractivity contribution < 1.29 is 13.9 Å². The second-order valence-corrected chi connectivity index (χ2v) is 7.10. The maximum Gasteiger partial charge on any atom is 0.337 e. The fraction of sp³-hybridized carbons (Fsp3) is 0.273. The summed E-state index contributed by atoms with van der Waals surface area (Å²) in [7, 11) is 1.30. The number of rotatable bonds is 5. The fourth-order valence-corrected chi connectivity index (χ4v) is 3.48. The molecule has 0 bridgehead atoms. The summed E-state index contributed by atoms with van der Waals surface area (Å²) in [5, 5.41) is 1.00. The van der Waals surface area contributed by atoms with Crippen LogP contribution >= 0.6 is 12.4 Å². The van der Waals surface area contributed by atoms with E-state index in [2.05, 4.69) is 0 Å². The van der Waals surface area contributed by atoms with E-state index in [-0.39, 0.29) is 36.2 Å². The Morgan fingerprint density at radius 3 is 2.48 bits per heavy atom.